The summed E-state index contributed by atoms with van der Waals surface area (Å²) in [5, 5.41) is 13.9. The van der Waals surface area contributed by atoms with Crippen molar-refractivity contribution in [1.82, 2.24) is 25.0 Å². The SMILES string of the molecule is Cc1nnc2n1-c1sc3c(c1[C@H](c1ccccc1C1CC1)NC2)C[C@H](C(=O)N1CCOCC1)C3. The minimum atomic E-state index is 0.0358. The Labute approximate surface area is 203 Å². The lowest BCUT2D eigenvalue weighted by atomic mass is 9.90. The Morgan fingerprint density at radius 3 is 2.71 bits per heavy atom. The molecule has 7 rings (SSSR count). The number of nitrogens with one attached hydrogen (secondary N) is 1. The van der Waals surface area contributed by atoms with E-state index in [1.807, 2.05) is 23.2 Å². The van der Waals surface area contributed by atoms with Crippen LogP contribution in [-0.2, 0) is 28.9 Å². The molecule has 2 atom stereocenters. The molecule has 0 radical (unpaired) electrons. The van der Waals surface area contributed by atoms with Crippen molar-refractivity contribution in [2.45, 2.75) is 51.1 Å². The molecule has 176 valence electrons. The van der Waals surface area contributed by atoms with E-state index in [4.69, 9.17) is 4.74 Å². The van der Waals surface area contributed by atoms with E-state index in [1.165, 1.54) is 45.0 Å². The van der Waals surface area contributed by atoms with Crippen molar-refractivity contribution in [2.75, 3.05) is 26.3 Å². The molecule has 2 aliphatic carbocycles. The maximum Gasteiger partial charge on any atom is 0.226 e. The largest absolute Gasteiger partial charge is 0.378 e. The second kappa shape index (κ2) is 8.00. The third-order valence-corrected chi connectivity index (χ3v) is 9.09. The number of benzene rings is 1. The number of morpholine rings is 1. The topological polar surface area (TPSA) is 72.3 Å². The van der Waals surface area contributed by atoms with Crippen LogP contribution in [0.3, 0.4) is 0 Å². The zero-order valence-corrected chi connectivity index (χ0v) is 20.2. The van der Waals surface area contributed by atoms with Gasteiger partial charge in [0, 0.05) is 29.4 Å². The number of carbonyl (C=O) groups is 1. The van der Waals surface area contributed by atoms with Gasteiger partial charge in [-0.2, -0.15) is 0 Å². The molecule has 0 unspecified atom stereocenters. The standard InChI is InChI=1S/C26H29N5O2S/c1-15-28-29-22-14-27-24(19-5-3-2-4-18(19)16-6-7-16)23-20-12-17(13-21(20)34-26(23)31(15)22)25(32)30-8-10-33-11-9-30/h2-5,16-17,24,27H,6-14H2,1H3/t17-,24-/m0/s1. The normalized spacial score (nSPS) is 23.9. The first-order valence-corrected chi connectivity index (χ1v) is 13.2. The van der Waals surface area contributed by atoms with Gasteiger partial charge in [0.15, 0.2) is 5.82 Å². The van der Waals surface area contributed by atoms with Crippen molar-refractivity contribution in [1.29, 1.82) is 0 Å². The number of aryl methyl sites for hydroxylation is 1. The van der Waals surface area contributed by atoms with Gasteiger partial charge in [0.05, 0.1) is 25.8 Å². The Balaban J connectivity index is 1.32. The number of aromatic nitrogens is 3. The fraction of sp³-hybridized carbons (Fsp3) is 0.500. The van der Waals surface area contributed by atoms with Crippen LogP contribution in [0, 0.1) is 12.8 Å². The number of carbonyl (C=O) groups excluding carboxylic acids is 1. The monoisotopic (exact) mass is 475 g/mol. The Morgan fingerprint density at radius 2 is 1.91 bits per heavy atom. The first-order chi connectivity index (χ1) is 16.7. The first-order valence-electron chi connectivity index (χ1n) is 12.4. The van der Waals surface area contributed by atoms with Gasteiger partial charge in [0.25, 0.3) is 0 Å². The summed E-state index contributed by atoms with van der Waals surface area (Å²) in [6, 6.07) is 9.04. The van der Waals surface area contributed by atoms with E-state index in [2.05, 4.69) is 44.3 Å². The Kier molecular flexibility index (Phi) is 4.89. The van der Waals surface area contributed by atoms with Crippen LogP contribution in [0.25, 0.3) is 5.00 Å². The van der Waals surface area contributed by atoms with Gasteiger partial charge in [-0.3, -0.25) is 14.7 Å². The van der Waals surface area contributed by atoms with Crippen LogP contribution in [-0.4, -0.2) is 51.9 Å². The Bertz CT molecular complexity index is 1270. The van der Waals surface area contributed by atoms with Crippen LogP contribution in [0.5, 0.6) is 0 Å². The third-order valence-electron chi connectivity index (χ3n) is 7.84. The van der Waals surface area contributed by atoms with Crippen LogP contribution in [0.2, 0.25) is 0 Å². The predicted octanol–water partition coefficient (Wildman–Crippen LogP) is 3.28. The lowest BCUT2D eigenvalue weighted by Gasteiger charge is -2.29. The second-order valence-corrected chi connectivity index (χ2v) is 11.1. The highest BCUT2D eigenvalue weighted by Crippen LogP contribution is 2.49. The minimum Gasteiger partial charge on any atom is -0.378 e. The number of fused-ring (bicyclic) bond motifs is 5. The summed E-state index contributed by atoms with van der Waals surface area (Å²) < 4.78 is 7.71. The number of hydrogen-bond donors (Lipinski definition) is 1. The minimum absolute atomic E-state index is 0.0358. The average molecular weight is 476 g/mol. The van der Waals surface area contributed by atoms with Crippen molar-refractivity contribution in [3.63, 3.8) is 0 Å². The number of ether oxygens (including phenoxy) is 1. The maximum atomic E-state index is 13.4. The summed E-state index contributed by atoms with van der Waals surface area (Å²) in [4.78, 5) is 16.7. The highest BCUT2D eigenvalue weighted by atomic mass is 32.1. The van der Waals surface area contributed by atoms with E-state index in [-0.39, 0.29) is 17.9 Å². The lowest BCUT2D eigenvalue weighted by Crippen LogP contribution is -2.44. The van der Waals surface area contributed by atoms with Crippen molar-refractivity contribution in [3.05, 3.63) is 63.0 Å². The highest BCUT2D eigenvalue weighted by Gasteiger charge is 2.40. The summed E-state index contributed by atoms with van der Waals surface area (Å²) >= 11 is 1.84. The van der Waals surface area contributed by atoms with Crippen LogP contribution in [0.1, 0.15) is 63.6 Å². The molecule has 3 aromatic rings. The molecule has 1 saturated heterocycles. The van der Waals surface area contributed by atoms with Crippen molar-refractivity contribution in [3.8, 4) is 5.00 Å². The van der Waals surface area contributed by atoms with Gasteiger partial charge in [-0.1, -0.05) is 24.3 Å². The van der Waals surface area contributed by atoms with Gasteiger partial charge in [-0.15, -0.1) is 21.5 Å². The lowest BCUT2D eigenvalue weighted by molar-refractivity contribution is -0.139. The molecule has 1 aromatic carbocycles. The molecular formula is C26H29N5O2S. The van der Waals surface area contributed by atoms with Gasteiger partial charge >= 0.3 is 0 Å². The molecule has 1 amide bonds. The predicted molar refractivity (Wildman–Crippen MR) is 129 cm³/mol. The zero-order chi connectivity index (χ0) is 22.8. The fourth-order valence-electron chi connectivity index (χ4n) is 6.01. The maximum absolute atomic E-state index is 13.4. The van der Waals surface area contributed by atoms with Gasteiger partial charge in [0.1, 0.15) is 10.8 Å². The quantitative estimate of drug-likeness (QED) is 0.630. The molecule has 0 spiro atoms. The average Bonchev–Trinajstić information content (AvgIpc) is 3.46. The molecule has 8 heteroatoms. The van der Waals surface area contributed by atoms with E-state index in [1.54, 1.807) is 0 Å². The molecule has 2 aliphatic heterocycles. The number of hydrogen-bond acceptors (Lipinski definition) is 6. The number of thiophene rings is 1. The van der Waals surface area contributed by atoms with Gasteiger partial charge < -0.3 is 9.64 Å². The van der Waals surface area contributed by atoms with E-state index in [9.17, 15) is 4.79 Å². The molecule has 34 heavy (non-hydrogen) atoms. The van der Waals surface area contributed by atoms with Crippen LogP contribution in [0.15, 0.2) is 24.3 Å². The summed E-state index contributed by atoms with van der Waals surface area (Å²) in [6.07, 6.45) is 4.20. The number of rotatable bonds is 3. The Hall–Kier alpha value is -2.55. The van der Waals surface area contributed by atoms with Crippen molar-refractivity contribution < 1.29 is 9.53 Å². The molecule has 0 bridgehead atoms. The third kappa shape index (κ3) is 3.26. The molecule has 4 aliphatic rings. The Morgan fingerprint density at radius 1 is 1.12 bits per heavy atom. The number of amides is 1. The molecule has 7 nitrogen and oxygen atoms in total. The molecule has 1 saturated carbocycles. The molecule has 1 N–H and O–H groups in total. The van der Waals surface area contributed by atoms with Crippen molar-refractivity contribution >= 4 is 17.2 Å². The number of nitrogens with zero attached hydrogens (tertiary/aromatic N) is 4. The van der Waals surface area contributed by atoms with E-state index in [0.29, 0.717) is 38.8 Å². The first kappa shape index (κ1) is 20.8. The van der Waals surface area contributed by atoms with Gasteiger partial charge in [-0.05, 0) is 55.2 Å². The summed E-state index contributed by atoms with van der Waals surface area (Å²) in [5.74, 6) is 2.89. The second-order valence-electron chi connectivity index (χ2n) is 9.98. The van der Waals surface area contributed by atoms with Crippen molar-refractivity contribution in [2.24, 2.45) is 5.92 Å². The zero-order valence-electron chi connectivity index (χ0n) is 19.4. The van der Waals surface area contributed by atoms with E-state index >= 15 is 0 Å². The van der Waals surface area contributed by atoms with Crippen LogP contribution in [0.4, 0.5) is 0 Å². The van der Waals surface area contributed by atoms with E-state index in [0.717, 1.165) is 24.5 Å². The smallest absolute Gasteiger partial charge is 0.226 e. The molecular weight excluding hydrogens is 446 g/mol. The molecule has 4 heterocycles. The summed E-state index contributed by atoms with van der Waals surface area (Å²) in [7, 11) is 0. The van der Waals surface area contributed by atoms with E-state index < -0.39 is 0 Å². The van der Waals surface area contributed by atoms with Gasteiger partial charge in [-0.25, -0.2) is 0 Å². The molecule has 2 aromatic heterocycles. The summed E-state index contributed by atoms with van der Waals surface area (Å²) in [5.41, 5.74) is 5.56. The van der Waals surface area contributed by atoms with Crippen LogP contribution >= 0.6 is 11.3 Å². The fourth-order valence-corrected chi connectivity index (χ4v) is 7.52. The van der Waals surface area contributed by atoms with Gasteiger partial charge in [0.2, 0.25) is 5.91 Å². The highest BCUT2D eigenvalue weighted by molar-refractivity contribution is 7.15. The summed E-state index contributed by atoms with van der Waals surface area (Å²) in [6.45, 7) is 5.43. The van der Waals surface area contributed by atoms with Crippen LogP contribution < -0.4 is 5.32 Å². The molecule has 2 fully saturated rings.